The summed E-state index contributed by atoms with van der Waals surface area (Å²) in [6.45, 7) is 7.20. The van der Waals surface area contributed by atoms with Gasteiger partial charge >= 0.3 is 0 Å². The summed E-state index contributed by atoms with van der Waals surface area (Å²) in [7, 11) is 0. The Hall–Kier alpha value is -4.18. The fraction of sp³-hybridized carbons (Fsp3) is 0.355. The van der Waals surface area contributed by atoms with Crippen LogP contribution < -0.4 is 4.74 Å². The molecule has 8 nitrogen and oxygen atoms in total. The van der Waals surface area contributed by atoms with Crippen LogP contribution in [-0.4, -0.2) is 42.0 Å². The van der Waals surface area contributed by atoms with Crippen LogP contribution in [0.4, 0.5) is 8.78 Å². The molecule has 2 atom stereocenters. The predicted octanol–water partition coefficient (Wildman–Crippen LogP) is 5.61. The van der Waals surface area contributed by atoms with Gasteiger partial charge in [0, 0.05) is 35.0 Å². The monoisotopic (exact) mass is 562 g/mol. The van der Waals surface area contributed by atoms with Gasteiger partial charge in [-0.15, -0.1) is 0 Å². The van der Waals surface area contributed by atoms with Gasteiger partial charge in [0.1, 0.15) is 24.6 Å². The number of carbonyl (C=O) groups is 1. The van der Waals surface area contributed by atoms with E-state index in [2.05, 4.69) is 15.1 Å². The third kappa shape index (κ3) is 6.12. The van der Waals surface area contributed by atoms with Gasteiger partial charge in [0.05, 0.1) is 12.1 Å². The molecule has 2 aromatic carbocycles. The average Bonchev–Trinajstić information content (AvgIpc) is 3.33. The Bertz CT molecular complexity index is 1590. The van der Waals surface area contributed by atoms with E-state index in [9.17, 15) is 9.50 Å². The van der Waals surface area contributed by atoms with Gasteiger partial charge in [0.2, 0.25) is 5.88 Å². The van der Waals surface area contributed by atoms with Gasteiger partial charge in [-0.2, -0.15) is 5.10 Å². The molecule has 2 N–H and O–H groups in total. The Morgan fingerprint density at radius 1 is 1.10 bits per heavy atom. The molecule has 1 fully saturated rings. The number of hydrogen-bond donors (Lipinski definition) is 2. The van der Waals surface area contributed by atoms with E-state index in [1.165, 1.54) is 23.6 Å². The zero-order valence-corrected chi connectivity index (χ0v) is 23.4. The summed E-state index contributed by atoms with van der Waals surface area (Å²) in [6, 6.07) is 8.19. The molecule has 2 aromatic heterocycles. The van der Waals surface area contributed by atoms with E-state index in [0.717, 1.165) is 35.1 Å². The number of benzene rings is 2. The fourth-order valence-electron chi connectivity index (χ4n) is 5.68. The maximum absolute atomic E-state index is 15.1. The van der Waals surface area contributed by atoms with Gasteiger partial charge in [-0.1, -0.05) is 0 Å². The Balaban J connectivity index is 0.00000108. The minimum Gasteiger partial charge on any atom is -0.483 e. The van der Waals surface area contributed by atoms with Gasteiger partial charge in [-0.05, 0) is 98.4 Å². The number of hydrogen-bond acceptors (Lipinski definition) is 6. The fourth-order valence-corrected chi connectivity index (χ4v) is 5.68. The quantitative estimate of drug-likeness (QED) is 0.282. The molecule has 10 heteroatoms. The van der Waals surface area contributed by atoms with E-state index >= 15 is 4.39 Å². The second kappa shape index (κ2) is 11.0. The number of ether oxygens (including phenoxy) is 1. The van der Waals surface area contributed by atoms with Crippen LogP contribution in [0.3, 0.4) is 0 Å². The summed E-state index contributed by atoms with van der Waals surface area (Å²) in [5, 5.41) is 21.4. The van der Waals surface area contributed by atoms with Crippen LogP contribution >= 0.6 is 0 Å². The number of carboxylic acid groups (broad SMARTS) is 1. The molecule has 41 heavy (non-hydrogen) atoms. The zero-order chi connectivity index (χ0) is 29.5. The average molecular weight is 563 g/mol. The standard InChI is InChI=1S/C30H30F2N4O2.CH2O2/c1-16-5-20(29-34-15-36(35-29)14-30(3,4)37)6-17(2)28(16)23-9-21(25(31)11-26(23)32)13-38-27-10-19-7-18-8-22(18)24(19)12-33-27;2-1-3/h5-6,9-12,15,18,22,37H,7-8,13-14H2,1-4H3;1H,(H,2,3). The summed E-state index contributed by atoms with van der Waals surface area (Å²) in [5.41, 5.74) is 5.34. The van der Waals surface area contributed by atoms with Crippen LogP contribution in [0, 0.1) is 31.4 Å². The second-order valence-electron chi connectivity index (χ2n) is 11.4. The van der Waals surface area contributed by atoms with Gasteiger partial charge in [-0.3, -0.25) is 4.79 Å². The van der Waals surface area contributed by atoms with E-state index in [1.807, 2.05) is 38.2 Å². The topological polar surface area (TPSA) is 110 Å². The van der Waals surface area contributed by atoms with Crippen molar-refractivity contribution in [1.29, 1.82) is 0 Å². The largest absolute Gasteiger partial charge is 0.483 e. The van der Waals surface area contributed by atoms with Gasteiger partial charge in [0.25, 0.3) is 6.47 Å². The number of halogens is 2. The second-order valence-corrected chi connectivity index (χ2v) is 11.4. The molecule has 0 spiro atoms. The highest BCUT2D eigenvalue weighted by molar-refractivity contribution is 5.76. The molecule has 2 aliphatic carbocycles. The molecule has 2 unspecified atom stereocenters. The molecular formula is C31H32F2N4O4. The maximum atomic E-state index is 15.1. The molecule has 0 saturated heterocycles. The van der Waals surface area contributed by atoms with Gasteiger partial charge in [-0.25, -0.2) is 23.4 Å². The lowest BCUT2D eigenvalue weighted by Crippen LogP contribution is -2.26. The van der Waals surface area contributed by atoms with Crippen LogP contribution in [0.5, 0.6) is 5.88 Å². The van der Waals surface area contributed by atoms with Crippen molar-refractivity contribution in [3.8, 4) is 28.4 Å². The van der Waals surface area contributed by atoms with Crippen molar-refractivity contribution in [2.24, 2.45) is 5.92 Å². The van der Waals surface area contributed by atoms with E-state index in [-0.39, 0.29) is 18.6 Å². The molecule has 1 saturated carbocycles. The number of fused-ring (bicyclic) bond motifs is 3. The maximum Gasteiger partial charge on any atom is 0.290 e. The Labute approximate surface area is 236 Å². The number of pyridine rings is 1. The van der Waals surface area contributed by atoms with Crippen molar-refractivity contribution in [1.82, 2.24) is 19.7 Å². The SMILES string of the molecule is Cc1cc(-c2ncn(CC(C)(C)O)n2)cc(C)c1-c1cc(COc2cc3c(cn2)C2CC2C3)c(F)cc1F.O=CO. The van der Waals surface area contributed by atoms with Crippen LogP contribution in [0.2, 0.25) is 0 Å². The molecular weight excluding hydrogens is 530 g/mol. The number of nitrogens with zero attached hydrogens (tertiary/aromatic N) is 4. The highest BCUT2D eigenvalue weighted by atomic mass is 19.1. The van der Waals surface area contributed by atoms with Crippen molar-refractivity contribution in [2.45, 2.75) is 65.2 Å². The highest BCUT2D eigenvalue weighted by Crippen LogP contribution is 2.56. The van der Waals surface area contributed by atoms with Crippen molar-refractivity contribution >= 4 is 6.47 Å². The molecule has 2 heterocycles. The van der Waals surface area contributed by atoms with Crippen LogP contribution in [0.1, 0.15) is 54.0 Å². The summed E-state index contributed by atoms with van der Waals surface area (Å²) < 4.78 is 37.3. The molecule has 214 valence electrons. The van der Waals surface area contributed by atoms with Crippen molar-refractivity contribution < 1.29 is 28.5 Å². The Morgan fingerprint density at radius 2 is 1.80 bits per heavy atom. The predicted molar refractivity (Wildman–Crippen MR) is 148 cm³/mol. The smallest absolute Gasteiger partial charge is 0.290 e. The minimum atomic E-state index is -0.918. The van der Waals surface area contributed by atoms with Crippen molar-refractivity contribution in [3.63, 3.8) is 0 Å². The summed E-state index contributed by atoms with van der Waals surface area (Å²) >= 11 is 0. The van der Waals surface area contributed by atoms with Gasteiger partial charge in [0.15, 0.2) is 5.82 Å². The third-order valence-electron chi connectivity index (χ3n) is 7.46. The first-order valence-corrected chi connectivity index (χ1v) is 13.4. The summed E-state index contributed by atoms with van der Waals surface area (Å²) in [4.78, 5) is 17.1. The minimum absolute atomic E-state index is 0.0451. The molecule has 0 aliphatic heterocycles. The van der Waals surface area contributed by atoms with Gasteiger partial charge < -0.3 is 14.9 Å². The highest BCUT2D eigenvalue weighted by Gasteiger charge is 2.45. The first-order valence-electron chi connectivity index (χ1n) is 13.4. The lowest BCUT2D eigenvalue weighted by atomic mass is 9.92. The van der Waals surface area contributed by atoms with Crippen LogP contribution in [0.25, 0.3) is 22.5 Å². The summed E-state index contributed by atoms with van der Waals surface area (Å²) in [5.74, 6) is 1.09. The van der Waals surface area contributed by atoms with Crippen molar-refractivity contribution in [2.75, 3.05) is 0 Å². The molecule has 0 bridgehead atoms. The molecule has 6 rings (SSSR count). The van der Waals surface area contributed by atoms with Crippen LogP contribution in [0.15, 0.2) is 42.9 Å². The first-order chi connectivity index (χ1) is 19.5. The number of aryl methyl sites for hydroxylation is 2. The molecule has 4 aromatic rings. The van der Waals surface area contributed by atoms with E-state index in [0.29, 0.717) is 35.3 Å². The molecule has 0 amide bonds. The normalized spacial score (nSPS) is 16.9. The molecule has 2 aliphatic rings. The number of aromatic nitrogens is 4. The Kier molecular flexibility index (Phi) is 7.61. The lowest BCUT2D eigenvalue weighted by Gasteiger charge is -2.16. The third-order valence-corrected chi connectivity index (χ3v) is 7.46. The molecule has 0 radical (unpaired) electrons. The van der Waals surface area contributed by atoms with Crippen molar-refractivity contribution in [3.05, 3.63) is 82.3 Å². The number of rotatable bonds is 7. The van der Waals surface area contributed by atoms with E-state index < -0.39 is 17.2 Å². The summed E-state index contributed by atoms with van der Waals surface area (Å²) in [6.07, 6.45) is 5.76. The zero-order valence-electron chi connectivity index (χ0n) is 23.4. The van der Waals surface area contributed by atoms with E-state index in [4.69, 9.17) is 14.6 Å². The van der Waals surface area contributed by atoms with E-state index in [1.54, 1.807) is 24.9 Å². The lowest BCUT2D eigenvalue weighted by molar-refractivity contribution is -0.122. The number of aliphatic hydroxyl groups is 1. The Morgan fingerprint density at radius 3 is 2.49 bits per heavy atom. The first kappa shape index (κ1) is 28.4. The van der Waals surface area contributed by atoms with Crippen LogP contribution in [-0.2, 0) is 24.4 Å².